The van der Waals surface area contributed by atoms with Crippen LogP contribution in [0.15, 0.2) is 11.6 Å². The lowest BCUT2D eigenvalue weighted by Crippen LogP contribution is -2.58. The van der Waals surface area contributed by atoms with E-state index in [1.807, 2.05) is 0 Å². The molecule has 4 fully saturated rings. The number of esters is 2. The van der Waals surface area contributed by atoms with Crippen LogP contribution in [0.1, 0.15) is 85.5 Å². The van der Waals surface area contributed by atoms with E-state index in [0.29, 0.717) is 24.2 Å². The SMILES string of the molecule is CC(=O)OC1C=C2CC(SC(C)=O)C3C(CCC4(C)C3CCC43CCC(=O)O3)C2(C)CC1. The third kappa shape index (κ3) is 3.22. The molecule has 1 heterocycles. The van der Waals surface area contributed by atoms with Crippen molar-refractivity contribution in [1.29, 1.82) is 0 Å². The predicted molar refractivity (Wildman–Crippen MR) is 123 cm³/mol. The molecule has 0 amide bonds. The largest absolute Gasteiger partial charge is 0.458 e. The topological polar surface area (TPSA) is 69.7 Å². The minimum atomic E-state index is -0.296. The van der Waals surface area contributed by atoms with Gasteiger partial charge in [0.2, 0.25) is 0 Å². The van der Waals surface area contributed by atoms with Crippen LogP contribution < -0.4 is 0 Å². The summed E-state index contributed by atoms with van der Waals surface area (Å²) in [6.45, 7) is 7.95. The van der Waals surface area contributed by atoms with Crippen LogP contribution in [0, 0.1) is 28.6 Å². The molecule has 6 heteroatoms. The van der Waals surface area contributed by atoms with Gasteiger partial charge in [-0.05, 0) is 80.6 Å². The number of carbonyl (C=O) groups is 3. The van der Waals surface area contributed by atoms with Gasteiger partial charge in [0.25, 0.3) is 0 Å². The van der Waals surface area contributed by atoms with Crippen molar-refractivity contribution in [2.45, 2.75) is 102 Å². The Kier molecular flexibility index (Phi) is 5.35. The Balaban J connectivity index is 1.51. The standard InChI is InChI=1S/C26H36O5S/c1-15(27)30-18-5-9-24(3)17(13-18)14-21(32-16(2)28)23-19(24)6-10-25(4)20(23)7-11-26(25)12-8-22(29)31-26/h13,18-21,23H,5-12,14H2,1-4H3. The molecule has 0 aromatic carbocycles. The van der Waals surface area contributed by atoms with Gasteiger partial charge in [-0.3, -0.25) is 14.4 Å². The number of hydrogen-bond acceptors (Lipinski definition) is 6. The Morgan fingerprint density at radius 2 is 1.81 bits per heavy atom. The number of rotatable bonds is 2. The highest BCUT2D eigenvalue weighted by atomic mass is 32.2. The summed E-state index contributed by atoms with van der Waals surface area (Å²) in [5.41, 5.74) is 1.19. The van der Waals surface area contributed by atoms with Gasteiger partial charge in [-0.25, -0.2) is 0 Å². The molecule has 5 rings (SSSR count). The summed E-state index contributed by atoms with van der Waals surface area (Å²) >= 11 is 1.51. The fourth-order valence-corrected chi connectivity index (χ4v) is 9.80. The normalized spacial score (nSPS) is 47.2. The lowest BCUT2D eigenvalue weighted by molar-refractivity contribution is -0.167. The molecule has 32 heavy (non-hydrogen) atoms. The van der Waals surface area contributed by atoms with E-state index in [0.717, 1.165) is 51.4 Å². The van der Waals surface area contributed by atoms with E-state index in [9.17, 15) is 14.4 Å². The van der Waals surface area contributed by atoms with Crippen LogP contribution in [0.25, 0.3) is 0 Å². The number of hydrogen-bond donors (Lipinski definition) is 0. The van der Waals surface area contributed by atoms with E-state index in [-0.39, 0.29) is 44.8 Å². The molecule has 1 aliphatic heterocycles. The van der Waals surface area contributed by atoms with Crippen LogP contribution in [-0.4, -0.2) is 34.0 Å². The molecular formula is C26H36O5S. The van der Waals surface area contributed by atoms with Gasteiger partial charge >= 0.3 is 11.9 Å². The molecule has 0 aromatic heterocycles. The van der Waals surface area contributed by atoms with Crippen molar-refractivity contribution in [3.63, 3.8) is 0 Å². The lowest BCUT2D eigenvalue weighted by atomic mass is 9.46. The molecule has 5 aliphatic rings. The third-order valence-corrected chi connectivity index (χ3v) is 11.2. The van der Waals surface area contributed by atoms with Crippen LogP contribution in [-0.2, 0) is 23.9 Å². The summed E-state index contributed by atoms with van der Waals surface area (Å²) in [7, 11) is 0. The molecule has 1 spiro atoms. The summed E-state index contributed by atoms with van der Waals surface area (Å²) in [5, 5.41) is 0.419. The quantitative estimate of drug-likeness (QED) is 0.416. The zero-order chi connectivity index (χ0) is 22.9. The average molecular weight is 461 g/mol. The van der Waals surface area contributed by atoms with E-state index in [1.165, 1.54) is 24.3 Å². The Hall–Kier alpha value is -1.30. The number of thioether (sulfide) groups is 1. The fraction of sp³-hybridized carbons (Fsp3) is 0.808. The molecule has 3 saturated carbocycles. The van der Waals surface area contributed by atoms with Crippen molar-refractivity contribution in [2.24, 2.45) is 28.6 Å². The van der Waals surface area contributed by atoms with Crippen LogP contribution in [0.5, 0.6) is 0 Å². The first-order chi connectivity index (χ1) is 15.1. The minimum Gasteiger partial charge on any atom is -0.458 e. The molecule has 0 N–H and O–H groups in total. The van der Waals surface area contributed by atoms with Crippen molar-refractivity contribution in [1.82, 2.24) is 0 Å². The Labute approximate surface area is 195 Å². The maximum Gasteiger partial charge on any atom is 0.306 e. The Morgan fingerprint density at radius 1 is 1.06 bits per heavy atom. The molecular weight excluding hydrogens is 424 g/mol. The van der Waals surface area contributed by atoms with E-state index in [4.69, 9.17) is 9.47 Å². The van der Waals surface area contributed by atoms with Crippen LogP contribution >= 0.6 is 11.8 Å². The highest BCUT2D eigenvalue weighted by Gasteiger charge is 2.68. The predicted octanol–water partition coefficient (Wildman–Crippen LogP) is 5.21. The molecule has 0 radical (unpaired) electrons. The molecule has 8 unspecified atom stereocenters. The lowest BCUT2D eigenvalue weighted by Gasteiger charge is -2.61. The van der Waals surface area contributed by atoms with Gasteiger partial charge in [-0.1, -0.05) is 31.2 Å². The Morgan fingerprint density at radius 3 is 2.47 bits per heavy atom. The van der Waals surface area contributed by atoms with E-state index >= 15 is 0 Å². The number of ether oxygens (including phenoxy) is 2. The van der Waals surface area contributed by atoms with Crippen molar-refractivity contribution in [2.75, 3.05) is 0 Å². The monoisotopic (exact) mass is 460 g/mol. The van der Waals surface area contributed by atoms with Gasteiger partial charge in [0.15, 0.2) is 5.12 Å². The zero-order valence-corrected chi connectivity index (χ0v) is 20.6. The van der Waals surface area contributed by atoms with Crippen LogP contribution in [0.3, 0.4) is 0 Å². The van der Waals surface area contributed by atoms with Gasteiger partial charge in [-0.15, -0.1) is 0 Å². The highest BCUT2D eigenvalue weighted by Crippen LogP contribution is 2.70. The third-order valence-electron chi connectivity index (χ3n) is 10.0. The maximum absolute atomic E-state index is 12.3. The van der Waals surface area contributed by atoms with Gasteiger partial charge in [-0.2, -0.15) is 0 Å². The van der Waals surface area contributed by atoms with E-state index in [1.54, 1.807) is 6.92 Å². The molecule has 176 valence electrons. The van der Waals surface area contributed by atoms with Gasteiger partial charge < -0.3 is 9.47 Å². The van der Waals surface area contributed by atoms with Crippen molar-refractivity contribution in [3.05, 3.63) is 11.6 Å². The second kappa shape index (κ2) is 7.61. The smallest absolute Gasteiger partial charge is 0.306 e. The first kappa shape index (κ1) is 22.5. The summed E-state index contributed by atoms with van der Waals surface area (Å²) in [5.74, 6) is 1.19. The van der Waals surface area contributed by atoms with Gasteiger partial charge in [0.05, 0.1) is 0 Å². The number of fused-ring (bicyclic) bond motifs is 6. The second-order valence-corrected chi connectivity index (χ2v) is 12.8. The zero-order valence-electron chi connectivity index (χ0n) is 19.8. The van der Waals surface area contributed by atoms with Crippen molar-refractivity contribution in [3.8, 4) is 0 Å². The van der Waals surface area contributed by atoms with Crippen LogP contribution in [0.2, 0.25) is 0 Å². The molecule has 4 aliphatic carbocycles. The summed E-state index contributed by atoms with van der Waals surface area (Å²) < 4.78 is 11.6. The van der Waals surface area contributed by atoms with Gasteiger partial charge in [0, 0.05) is 30.9 Å². The van der Waals surface area contributed by atoms with Crippen LogP contribution in [0.4, 0.5) is 0 Å². The summed E-state index contributed by atoms with van der Waals surface area (Å²) in [6, 6.07) is 0. The fourth-order valence-electron chi connectivity index (χ4n) is 8.57. The van der Waals surface area contributed by atoms with Crippen molar-refractivity contribution < 1.29 is 23.9 Å². The molecule has 1 saturated heterocycles. The molecule has 8 atom stereocenters. The van der Waals surface area contributed by atoms with E-state index < -0.39 is 0 Å². The minimum absolute atomic E-state index is 0.00243. The first-order valence-electron chi connectivity index (χ1n) is 12.4. The first-order valence-corrected chi connectivity index (χ1v) is 13.2. The molecule has 0 aromatic rings. The number of carbonyl (C=O) groups excluding carboxylic acids is 3. The number of allylic oxidation sites excluding steroid dienone is 1. The maximum atomic E-state index is 12.3. The van der Waals surface area contributed by atoms with E-state index in [2.05, 4.69) is 19.9 Å². The average Bonchev–Trinajstić information content (AvgIpc) is 3.22. The second-order valence-electron chi connectivity index (χ2n) is 11.4. The highest BCUT2D eigenvalue weighted by molar-refractivity contribution is 8.14. The summed E-state index contributed by atoms with van der Waals surface area (Å²) in [4.78, 5) is 36.0. The van der Waals surface area contributed by atoms with Crippen molar-refractivity contribution >= 4 is 28.8 Å². The molecule has 0 bridgehead atoms. The van der Waals surface area contributed by atoms with Gasteiger partial charge in [0.1, 0.15) is 11.7 Å². The summed E-state index contributed by atoms with van der Waals surface area (Å²) in [6.07, 6.45) is 10.5. The molecule has 5 nitrogen and oxygen atoms in total. The Bertz CT molecular complexity index is 881.